The molecule has 0 aliphatic carbocycles. The zero-order valence-electron chi connectivity index (χ0n) is 24.7. The number of aliphatic carboxylic acids is 1. The number of hydrogen-bond acceptors (Lipinski definition) is 15. The lowest BCUT2D eigenvalue weighted by molar-refractivity contribution is -0.273. The first-order valence-electron chi connectivity index (χ1n) is 14.3. The number of carbonyl (C=O) groups is 3. The minimum Gasteiger partial charge on any atom is -0.480 e. The maximum atomic E-state index is 12.8. The molecule has 19 heteroatoms. The summed E-state index contributed by atoms with van der Waals surface area (Å²) < 4.78 is 23.0. The second-order valence-corrected chi connectivity index (χ2v) is 11.0. The number of amides is 2. The number of urea groups is 1. The molecule has 0 aromatic carbocycles. The summed E-state index contributed by atoms with van der Waals surface area (Å²) in [6, 6.07) is -2.67. The highest BCUT2D eigenvalue weighted by Gasteiger charge is 2.40. The third-order valence-corrected chi connectivity index (χ3v) is 7.49. The fourth-order valence-corrected chi connectivity index (χ4v) is 4.85. The van der Waals surface area contributed by atoms with Gasteiger partial charge in [-0.25, -0.2) is 24.5 Å². The normalized spacial score (nSPS) is 30.7. The molecule has 2 amide bonds. The number of aromatic nitrogens is 4. The van der Waals surface area contributed by atoms with Crippen molar-refractivity contribution in [3.8, 4) is 0 Å². The summed E-state index contributed by atoms with van der Waals surface area (Å²) >= 11 is 0. The number of nitrogens with one attached hydrogen (secondary N) is 2. The summed E-state index contributed by atoms with van der Waals surface area (Å²) in [4.78, 5) is 49.3. The molecule has 19 nitrogen and oxygen atoms in total. The van der Waals surface area contributed by atoms with Crippen LogP contribution in [0.15, 0.2) is 12.7 Å². The van der Waals surface area contributed by atoms with E-state index in [4.69, 9.17) is 18.9 Å². The molecule has 0 bridgehead atoms. The van der Waals surface area contributed by atoms with Crippen molar-refractivity contribution in [2.75, 3.05) is 11.9 Å². The Balaban J connectivity index is 1.31. The van der Waals surface area contributed by atoms with Gasteiger partial charge in [0.25, 0.3) is 0 Å². The molecule has 8 N–H and O–H groups in total. The van der Waals surface area contributed by atoms with Crippen molar-refractivity contribution in [2.45, 2.75) is 107 Å². The molecule has 2 aliphatic heterocycles. The predicted molar refractivity (Wildman–Crippen MR) is 148 cm³/mol. The number of anilines is 1. The van der Waals surface area contributed by atoms with Crippen LogP contribution >= 0.6 is 0 Å². The Kier molecular flexibility index (Phi) is 11.2. The average molecular weight is 643 g/mol. The van der Waals surface area contributed by atoms with E-state index in [-0.39, 0.29) is 42.9 Å². The summed E-state index contributed by atoms with van der Waals surface area (Å²) in [6.45, 7) is 4.32. The van der Waals surface area contributed by atoms with E-state index >= 15 is 0 Å². The van der Waals surface area contributed by atoms with Crippen LogP contribution in [0.4, 0.5) is 10.6 Å². The quantitative estimate of drug-likeness (QED) is 0.123. The summed E-state index contributed by atoms with van der Waals surface area (Å²) in [5, 5.41) is 64.2. The third-order valence-electron chi connectivity index (χ3n) is 7.49. The number of carbonyl (C=O) groups excluding carboxylic acids is 2. The van der Waals surface area contributed by atoms with Gasteiger partial charge in [-0.15, -0.1) is 0 Å². The lowest BCUT2D eigenvalue weighted by Crippen LogP contribution is -2.50. The zero-order valence-corrected chi connectivity index (χ0v) is 24.7. The number of fused-ring (bicyclic) bond motifs is 1. The molecule has 0 saturated carbocycles. The summed E-state index contributed by atoms with van der Waals surface area (Å²) in [7, 11) is 0. The van der Waals surface area contributed by atoms with Crippen LogP contribution in [0, 0.1) is 0 Å². The lowest BCUT2D eigenvalue weighted by atomic mass is 10.0. The zero-order chi connectivity index (χ0) is 33.0. The first-order valence-corrected chi connectivity index (χ1v) is 14.3. The van der Waals surface area contributed by atoms with Crippen molar-refractivity contribution in [1.29, 1.82) is 0 Å². The number of carboxylic acids is 1. The van der Waals surface area contributed by atoms with Gasteiger partial charge >= 0.3 is 18.0 Å². The number of rotatable bonds is 11. The van der Waals surface area contributed by atoms with Gasteiger partial charge < -0.3 is 54.9 Å². The van der Waals surface area contributed by atoms with E-state index in [0.717, 1.165) is 6.33 Å². The van der Waals surface area contributed by atoms with Gasteiger partial charge in [-0.1, -0.05) is 0 Å². The van der Waals surface area contributed by atoms with Crippen LogP contribution in [0.25, 0.3) is 11.2 Å². The Bertz CT molecular complexity index is 1350. The topological polar surface area (TPSA) is 277 Å². The van der Waals surface area contributed by atoms with Crippen LogP contribution < -0.4 is 10.6 Å². The minimum atomic E-state index is -1.66. The largest absolute Gasteiger partial charge is 0.480 e. The molecule has 2 aromatic rings. The maximum absolute atomic E-state index is 12.8. The number of aliphatic hydroxyl groups excluding tert-OH is 5. The van der Waals surface area contributed by atoms with E-state index in [1.165, 1.54) is 17.8 Å². The molecule has 3 unspecified atom stereocenters. The van der Waals surface area contributed by atoms with Gasteiger partial charge in [0.1, 0.15) is 36.8 Å². The van der Waals surface area contributed by atoms with Crippen LogP contribution in [0.3, 0.4) is 0 Å². The van der Waals surface area contributed by atoms with Crippen LogP contribution in [0.5, 0.6) is 0 Å². The Morgan fingerprint density at radius 1 is 1.07 bits per heavy atom. The van der Waals surface area contributed by atoms with Crippen molar-refractivity contribution < 1.29 is 64.0 Å². The standard InChI is InChI=1S/C26H38N6O13/c1-10(43-25-14(34)6-13(33)11(2)45-25)4-5-16(36)44-12(3)17(24(39)40)30-26(41)31-21-18-22(28-8-27-21)32(9-29-18)23-20(38)19(37)15(35)7-42-23/h8-15,17,19-20,23,25,33-35,37-38H,4-7H2,1-3H3,(H,39,40)(H2,27,28,30,31,41)/t10-,11?,12-,13+,14?,15-,17+,19+,20?,23-,25+/m1/s1. The van der Waals surface area contributed by atoms with Gasteiger partial charge in [0.05, 0.1) is 31.2 Å². The monoisotopic (exact) mass is 642 g/mol. The fraction of sp³-hybridized carbons (Fsp3) is 0.692. The van der Waals surface area contributed by atoms with Gasteiger partial charge in [-0.2, -0.15) is 0 Å². The molecule has 45 heavy (non-hydrogen) atoms. The van der Waals surface area contributed by atoms with Gasteiger partial charge in [0.2, 0.25) is 0 Å². The number of hydrogen-bond donors (Lipinski definition) is 8. The smallest absolute Gasteiger partial charge is 0.330 e. The predicted octanol–water partition coefficient (Wildman–Crippen LogP) is -2.01. The van der Waals surface area contributed by atoms with Crippen LogP contribution in [-0.2, 0) is 28.5 Å². The van der Waals surface area contributed by atoms with Gasteiger partial charge in [-0.3, -0.25) is 14.7 Å². The number of nitrogens with zero attached hydrogens (tertiary/aromatic N) is 4. The Morgan fingerprint density at radius 2 is 1.80 bits per heavy atom. The Hall–Kier alpha value is -3.56. The molecular formula is C26H38N6O13. The average Bonchev–Trinajstić information content (AvgIpc) is 3.41. The first kappa shape index (κ1) is 34.3. The van der Waals surface area contributed by atoms with Crippen molar-refractivity contribution in [3.05, 3.63) is 12.7 Å². The maximum Gasteiger partial charge on any atom is 0.330 e. The number of carboxylic acid groups (broad SMARTS) is 1. The molecule has 2 fully saturated rings. The minimum absolute atomic E-state index is 0.0449. The van der Waals surface area contributed by atoms with Crippen LogP contribution in [-0.4, -0.2) is 136 Å². The second-order valence-electron chi connectivity index (χ2n) is 11.0. The number of aliphatic hydroxyl groups is 5. The fourth-order valence-electron chi connectivity index (χ4n) is 4.85. The van der Waals surface area contributed by atoms with Crippen LogP contribution in [0.2, 0.25) is 0 Å². The van der Waals surface area contributed by atoms with Crippen molar-refractivity contribution >= 4 is 35.0 Å². The molecule has 2 aromatic heterocycles. The summed E-state index contributed by atoms with van der Waals surface area (Å²) in [5.74, 6) is -2.36. The molecule has 11 atom stereocenters. The van der Waals surface area contributed by atoms with E-state index in [9.17, 15) is 45.0 Å². The molecule has 4 rings (SSSR count). The molecule has 2 aliphatic rings. The van der Waals surface area contributed by atoms with E-state index in [0.29, 0.717) is 0 Å². The highest BCUT2D eigenvalue weighted by atomic mass is 16.7. The van der Waals surface area contributed by atoms with Gasteiger partial charge in [0.15, 0.2) is 35.5 Å². The van der Waals surface area contributed by atoms with Crippen molar-refractivity contribution in [3.63, 3.8) is 0 Å². The van der Waals surface area contributed by atoms with E-state index in [1.54, 1.807) is 13.8 Å². The highest BCUT2D eigenvalue weighted by molar-refractivity contribution is 5.97. The summed E-state index contributed by atoms with van der Waals surface area (Å²) in [6.07, 6.45) is -8.32. The Morgan fingerprint density at radius 3 is 2.51 bits per heavy atom. The Labute approximate surface area is 256 Å². The highest BCUT2D eigenvalue weighted by Crippen LogP contribution is 2.28. The van der Waals surface area contributed by atoms with Crippen molar-refractivity contribution in [1.82, 2.24) is 24.8 Å². The van der Waals surface area contributed by atoms with Crippen molar-refractivity contribution in [2.24, 2.45) is 0 Å². The molecule has 2 saturated heterocycles. The van der Waals surface area contributed by atoms with E-state index in [1.807, 2.05) is 0 Å². The van der Waals surface area contributed by atoms with E-state index < -0.39 is 85.4 Å². The first-order chi connectivity index (χ1) is 21.3. The molecular weight excluding hydrogens is 604 g/mol. The molecule has 4 heterocycles. The third kappa shape index (κ3) is 8.19. The molecule has 250 valence electrons. The SMILES string of the molecule is CC1O[C@H](O[C@H](C)CCC(=O)O[C@H](C)[C@H](NC(=O)Nc2ncnc3c2ncn3[C@@H]2OC[C@@H](O)[C@H](O)C2O)C(=O)O)C(O)C[C@@H]1O. The molecule has 0 spiro atoms. The van der Waals surface area contributed by atoms with Gasteiger partial charge in [-0.05, 0) is 27.2 Å². The number of ether oxygens (including phenoxy) is 4. The molecule has 0 radical (unpaired) electrons. The lowest BCUT2D eigenvalue weighted by Gasteiger charge is -2.36. The summed E-state index contributed by atoms with van der Waals surface area (Å²) in [5.41, 5.74) is 0.142. The second kappa shape index (κ2) is 14.7. The van der Waals surface area contributed by atoms with Crippen LogP contribution in [0.1, 0.15) is 46.3 Å². The van der Waals surface area contributed by atoms with Gasteiger partial charge in [0, 0.05) is 12.8 Å². The number of esters is 1. The van der Waals surface area contributed by atoms with E-state index in [2.05, 4.69) is 25.6 Å². The number of imidazole rings is 1.